The standard InChI is InChI=1S/C14H15BO2Si/c1-18(2)13-6-4-3-5-11(13)12-8-7-10(15(16)17)9-14(12)18/h3-9,16-17H,1-2H3. The van der Waals surface area contributed by atoms with Crippen molar-refractivity contribution in [3.8, 4) is 11.1 Å². The van der Waals surface area contributed by atoms with Gasteiger partial charge in [0.2, 0.25) is 0 Å². The summed E-state index contributed by atoms with van der Waals surface area (Å²) in [4.78, 5) is 0. The minimum Gasteiger partial charge on any atom is -0.423 e. The molecule has 0 aliphatic carbocycles. The van der Waals surface area contributed by atoms with Crippen LogP contribution in [0.2, 0.25) is 13.1 Å². The maximum absolute atomic E-state index is 9.31. The lowest BCUT2D eigenvalue weighted by Crippen LogP contribution is -2.50. The molecule has 0 bridgehead atoms. The Balaban J connectivity index is 2.28. The molecule has 1 heterocycles. The van der Waals surface area contributed by atoms with Crippen LogP contribution in [-0.2, 0) is 0 Å². The van der Waals surface area contributed by atoms with Gasteiger partial charge in [-0.25, -0.2) is 0 Å². The van der Waals surface area contributed by atoms with E-state index in [1.165, 1.54) is 21.5 Å². The molecule has 2 aromatic rings. The summed E-state index contributed by atoms with van der Waals surface area (Å²) in [6, 6.07) is 14.3. The highest BCUT2D eigenvalue weighted by molar-refractivity contribution is 7.04. The Kier molecular flexibility index (Phi) is 2.48. The molecule has 0 aromatic heterocycles. The third-order valence-electron chi connectivity index (χ3n) is 3.91. The average molecular weight is 254 g/mol. The minimum absolute atomic E-state index is 0.585. The van der Waals surface area contributed by atoms with Gasteiger partial charge in [-0.3, -0.25) is 0 Å². The lowest BCUT2D eigenvalue weighted by atomic mass is 9.80. The van der Waals surface area contributed by atoms with Crippen molar-refractivity contribution in [2.45, 2.75) is 13.1 Å². The van der Waals surface area contributed by atoms with Crippen LogP contribution in [0.5, 0.6) is 0 Å². The van der Waals surface area contributed by atoms with Gasteiger partial charge in [0.05, 0.1) is 0 Å². The van der Waals surface area contributed by atoms with Crippen LogP contribution >= 0.6 is 0 Å². The summed E-state index contributed by atoms with van der Waals surface area (Å²) in [6.07, 6.45) is 0. The Hall–Kier alpha value is -1.36. The first-order chi connectivity index (χ1) is 8.51. The van der Waals surface area contributed by atoms with Crippen LogP contribution < -0.4 is 15.8 Å². The zero-order valence-electron chi connectivity index (χ0n) is 10.5. The Labute approximate surface area is 108 Å². The summed E-state index contributed by atoms with van der Waals surface area (Å²) in [6.45, 7) is 4.62. The highest BCUT2D eigenvalue weighted by Gasteiger charge is 2.37. The third-order valence-corrected chi connectivity index (χ3v) is 7.45. The number of benzene rings is 2. The molecule has 1 aliphatic rings. The zero-order chi connectivity index (χ0) is 12.9. The van der Waals surface area contributed by atoms with Gasteiger partial charge in [-0.2, -0.15) is 0 Å². The topological polar surface area (TPSA) is 40.5 Å². The monoisotopic (exact) mass is 254 g/mol. The van der Waals surface area contributed by atoms with E-state index in [-0.39, 0.29) is 0 Å². The summed E-state index contributed by atoms with van der Waals surface area (Å²) in [5.41, 5.74) is 3.15. The Bertz CT molecular complexity index is 623. The maximum Gasteiger partial charge on any atom is 0.488 e. The molecular formula is C14H15BO2Si. The predicted octanol–water partition coefficient (Wildman–Crippen LogP) is 0.169. The van der Waals surface area contributed by atoms with Gasteiger partial charge in [0.15, 0.2) is 0 Å². The van der Waals surface area contributed by atoms with Crippen LogP contribution in [0.4, 0.5) is 0 Å². The summed E-state index contributed by atoms with van der Waals surface area (Å²) >= 11 is 0. The van der Waals surface area contributed by atoms with E-state index in [4.69, 9.17) is 0 Å². The Morgan fingerprint density at radius 3 is 2.28 bits per heavy atom. The molecule has 0 fully saturated rings. The molecule has 0 radical (unpaired) electrons. The van der Waals surface area contributed by atoms with Crippen molar-refractivity contribution >= 4 is 31.0 Å². The van der Waals surface area contributed by atoms with E-state index in [1.54, 1.807) is 6.07 Å². The van der Waals surface area contributed by atoms with Crippen molar-refractivity contribution in [3.63, 3.8) is 0 Å². The largest absolute Gasteiger partial charge is 0.488 e. The summed E-state index contributed by atoms with van der Waals surface area (Å²) in [5, 5.41) is 21.4. The van der Waals surface area contributed by atoms with Gasteiger partial charge in [-0.1, -0.05) is 55.6 Å². The Morgan fingerprint density at radius 1 is 0.889 bits per heavy atom. The van der Waals surface area contributed by atoms with E-state index < -0.39 is 15.2 Å². The molecule has 2 aromatic carbocycles. The summed E-state index contributed by atoms with van der Waals surface area (Å²) < 4.78 is 0. The van der Waals surface area contributed by atoms with Crippen LogP contribution in [0.15, 0.2) is 42.5 Å². The number of fused-ring (bicyclic) bond motifs is 3. The van der Waals surface area contributed by atoms with Gasteiger partial charge < -0.3 is 10.0 Å². The normalized spacial score (nSPS) is 15.1. The fourth-order valence-corrected chi connectivity index (χ4v) is 6.00. The second kappa shape index (κ2) is 3.82. The molecule has 0 unspecified atom stereocenters. The molecule has 2 N–H and O–H groups in total. The highest BCUT2D eigenvalue weighted by Crippen LogP contribution is 2.27. The molecule has 0 spiro atoms. The molecule has 90 valence electrons. The van der Waals surface area contributed by atoms with E-state index in [0.29, 0.717) is 5.46 Å². The van der Waals surface area contributed by atoms with Gasteiger partial charge in [0.25, 0.3) is 0 Å². The first-order valence-corrected chi connectivity index (χ1v) is 9.12. The van der Waals surface area contributed by atoms with Crippen molar-refractivity contribution < 1.29 is 10.0 Å². The van der Waals surface area contributed by atoms with Crippen molar-refractivity contribution in [1.82, 2.24) is 0 Å². The molecule has 0 atom stereocenters. The van der Waals surface area contributed by atoms with Crippen LogP contribution in [0.25, 0.3) is 11.1 Å². The second-order valence-electron chi connectivity index (χ2n) is 5.35. The SMILES string of the molecule is C[Si]1(C)c2ccccc2-c2ccc(B(O)O)cc21. The van der Waals surface area contributed by atoms with Crippen molar-refractivity contribution in [2.75, 3.05) is 0 Å². The van der Waals surface area contributed by atoms with Gasteiger partial charge >= 0.3 is 7.12 Å². The molecule has 0 saturated carbocycles. The van der Waals surface area contributed by atoms with E-state index in [9.17, 15) is 10.0 Å². The van der Waals surface area contributed by atoms with E-state index in [2.05, 4.69) is 37.4 Å². The van der Waals surface area contributed by atoms with Gasteiger partial charge in [-0.15, -0.1) is 0 Å². The van der Waals surface area contributed by atoms with Crippen molar-refractivity contribution in [1.29, 1.82) is 0 Å². The lowest BCUT2D eigenvalue weighted by Gasteiger charge is -2.19. The third kappa shape index (κ3) is 1.50. The van der Waals surface area contributed by atoms with Crippen LogP contribution in [0.3, 0.4) is 0 Å². The molecular weight excluding hydrogens is 239 g/mol. The fourth-order valence-electron chi connectivity index (χ4n) is 2.88. The van der Waals surface area contributed by atoms with Gasteiger partial charge in [0.1, 0.15) is 8.07 Å². The molecule has 1 aliphatic heterocycles. The van der Waals surface area contributed by atoms with E-state index in [1.807, 2.05) is 12.1 Å². The quantitative estimate of drug-likeness (QED) is 0.712. The van der Waals surface area contributed by atoms with E-state index in [0.717, 1.165) is 0 Å². The minimum atomic E-state index is -1.68. The first-order valence-electron chi connectivity index (χ1n) is 6.12. The van der Waals surface area contributed by atoms with Crippen LogP contribution in [0.1, 0.15) is 0 Å². The van der Waals surface area contributed by atoms with Gasteiger partial charge in [-0.05, 0) is 27.0 Å². The fraction of sp³-hybridized carbons (Fsp3) is 0.143. The van der Waals surface area contributed by atoms with Gasteiger partial charge in [0, 0.05) is 0 Å². The predicted molar refractivity (Wildman–Crippen MR) is 78.5 cm³/mol. The molecule has 4 heteroatoms. The van der Waals surface area contributed by atoms with Crippen LogP contribution in [0, 0.1) is 0 Å². The van der Waals surface area contributed by atoms with Crippen LogP contribution in [-0.4, -0.2) is 25.2 Å². The molecule has 18 heavy (non-hydrogen) atoms. The second-order valence-corrected chi connectivity index (χ2v) is 9.68. The van der Waals surface area contributed by atoms with Crippen molar-refractivity contribution in [2.24, 2.45) is 0 Å². The number of hydrogen-bond donors (Lipinski definition) is 2. The highest BCUT2D eigenvalue weighted by atomic mass is 28.3. The molecule has 0 saturated heterocycles. The summed E-state index contributed by atoms with van der Waals surface area (Å²) in [5.74, 6) is 0. The Morgan fingerprint density at radius 2 is 1.56 bits per heavy atom. The summed E-state index contributed by atoms with van der Waals surface area (Å²) in [7, 11) is -3.07. The molecule has 2 nitrogen and oxygen atoms in total. The first kappa shape index (κ1) is 11.7. The number of rotatable bonds is 1. The molecule has 0 amide bonds. The lowest BCUT2D eigenvalue weighted by molar-refractivity contribution is 0.426. The smallest absolute Gasteiger partial charge is 0.423 e. The molecule has 3 rings (SSSR count). The average Bonchev–Trinajstić information content (AvgIpc) is 2.59. The zero-order valence-corrected chi connectivity index (χ0v) is 11.5. The van der Waals surface area contributed by atoms with Crippen molar-refractivity contribution in [3.05, 3.63) is 42.5 Å². The van der Waals surface area contributed by atoms with E-state index >= 15 is 0 Å². The maximum atomic E-state index is 9.31. The number of hydrogen-bond acceptors (Lipinski definition) is 2.